The van der Waals surface area contributed by atoms with Crippen molar-refractivity contribution < 1.29 is 4.79 Å². The predicted octanol–water partition coefficient (Wildman–Crippen LogP) is 0.487. The number of carbonyl (C=O) groups is 1. The van der Waals surface area contributed by atoms with Gasteiger partial charge in [0.05, 0.1) is 0 Å². The Morgan fingerprint density at radius 1 is 1.58 bits per heavy atom. The van der Waals surface area contributed by atoms with Crippen molar-refractivity contribution in [1.29, 1.82) is 0 Å². The highest BCUT2D eigenvalue weighted by molar-refractivity contribution is 6.13. The second-order valence-electron chi connectivity index (χ2n) is 2.93. The van der Waals surface area contributed by atoms with Crippen LogP contribution in [0.2, 0.25) is 0 Å². The van der Waals surface area contributed by atoms with Crippen LogP contribution in [0.25, 0.3) is 0 Å². The molecule has 1 aliphatic rings. The summed E-state index contributed by atoms with van der Waals surface area (Å²) in [5.41, 5.74) is 0. The first-order valence-electron chi connectivity index (χ1n) is 4.09. The molecule has 1 N–H and O–H groups in total. The predicted molar refractivity (Wildman–Crippen MR) is 48.1 cm³/mol. The number of amides is 2. The van der Waals surface area contributed by atoms with E-state index in [1.165, 1.54) is 0 Å². The van der Waals surface area contributed by atoms with E-state index in [0.29, 0.717) is 0 Å². The summed E-state index contributed by atoms with van der Waals surface area (Å²) < 4.78 is 0. The molecule has 0 aromatic carbocycles. The average Bonchev–Trinajstić information content (AvgIpc) is 2.36. The highest BCUT2D eigenvalue weighted by Gasteiger charge is 2.23. The number of likely N-dealkylation sites (N-methyl/N-ethyl adjacent to an activating group) is 1. The zero-order valence-corrected chi connectivity index (χ0v) is 7.97. The highest BCUT2D eigenvalue weighted by Crippen LogP contribution is 2.05. The van der Waals surface area contributed by atoms with Crippen molar-refractivity contribution in [2.75, 3.05) is 33.2 Å². The maximum Gasteiger partial charge on any atom is 0.319 e. The summed E-state index contributed by atoms with van der Waals surface area (Å²) >= 11 is 5.29. The second kappa shape index (κ2) is 4.52. The van der Waals surface area contributed by atoms with Gasteiger partial charge in [0.15, 0.2) is 0 Å². The Balaban J connectivity index is 2.20. The number of nitrogens with zero attached hydrogens (tertiary/aromatic N) is 2. The van der Waals surface area contributed by atoms with E-state index in [0.717, 1.165) is 32.6 Å². The molecule has 1 fully saturated rings. The van der Waals surface area contributed by atoms with Gasteiger partial charge in [-0.25, -0.2) is 9.63 Å². The third-order valence-corrected chi connectivity index (χ3v) is 2.19. The third kappa shape index (κ3) is 2.25. The molecule has 70 valence electrons. The molecule has 0 aromatic heterocycles. The molecule has 0 saturated carbocycles. The van der Waals surface area contributed by atoms with Crippen molar-refractivity contribution in [3.63, 3.8) is 0 Å². The lowest BCUT2D eigenvalue weighted by Gasteiger charge is -2.14. The van der Waals surface area contributed by atoms with Crippen molar-refractivity contribution in [3.8, 4) is 0 Å². The Labute approximate surface area is 77.6 Å². The quantitative estimate of drug-likeness (QED) is 0.519. The number of rotatable bonds is 4. The lowest BCUT2D eigenvalue weighted by Crippen LogP contribution is -2.31. The summed E-state index contributed by atoms with van der Waals surface area (Å²) in [7, 11) is 1.82. The fraction of sp³-hybridized carbons (Fsp3) is 0.857. The van der Waals surface area contributed by atoms with E-state index in [9.17, 15) is 4.79 Å². The standard InChI is InChI=1S/C7H14ClN3O/c1-10-5-6-11(7(10)12)4-2-3-9-8/h9H,2-6H2,1H3. The van der Waals surface area contributed by atoms with E-state index in [1.807, 2.05) is 11.9 Å². The van der Waals surface area contributed by atoms with Crippen LogP contribution in [0.5, 0.6) is 0 Å². The summed E-state index contributed by atoms with van der Waals surface area (Å²) in [6.45, 7) is 3.22. The van der Waals surface area contributed by atoms with Gasteiger partial charge < -0.3 is 9.80 Å². The minimum Gasteiger partial charge on any atom is -0.326 e. The van der Waals surface area contributed by atoms with Crippen LogP contribution in [0.1, 0.15) is 6.42 Å². The summed E-state index contributed by atoms with van der Waals surface area (Å²) in [5, 5.41) is 0. The van der Waals surface area contributed by atoms with Crippen molar-refractivity contribution in [3.05, 3.63) is 0 Å². The number of carbonyl (C=O) groups excluding carboxylic acids is 1. The first kappa shape index (κ1) is 9.61. The fourth-order valence-electron chi connectivity index (χ4n) is 1.25. The molecular formula is C7H14ClN3O. The molecule has 2 amide bonds. The highest BCUT2D eigenvalue weighted by atomic mass is 35.5. The van der Waals surface area contributed by atoms with Crippen LogP contribution in [-0.4, -0.2) is 49.1 Å². The molecule has 1 heterocycles. The normalized spacial score (nSPS) is 17.7. The maximum atomic E-state index is 11.3. The van der Waals surface area contributed by atoms with Gasteiger partial charge in [0.1, 0.15) is 0 Å². The van der Waals surface area contributed by atoms with Gasteiger partial charge in [-0.1, -0.05) is 0 Å². The molecule has 0 radical (unpaired) electrons. The fourth-order valence-corrected chi connectivity index (χ4v) is 1.38. The Kier molecular flexibility index (Phi) is 3.62. The Morgan fingerprint density at radius 2 is 2.33 bits per heavy atom. The minimum absolute atomic E-state index is 0.129. The number of hydrogen-bond acceptors (Lipinski definition) is 2. The van der Waals surface area contributed by atoms with Crippen LogP contribution >= 0.6 is 11.8 Å². The van der Waals surface area contributed by atoms with Gasteiger partial charge in [-0.15, -0.1) is 0 Å². The number of urea groups is 1. The molecule has 0 unspecified atom stereocenters. The molecular weight excluding hydrogens is 178 g/mol. The van der Waals surface area contributed by atoms with E-state index in [2.05, 4.69) is 4.84 Å². The smallest absolute Gasteiger partial charge is 0.319 e. The minimum atomic E-state index is 0.129. The van der Waals surface area contributed by atoms with Crippen LogP contribution < -0.4 is 4.84 Å². The lowest BCUT2D eigenvalue weighted by molar-refractivity contribution is 0.198. The van der Waals surface area contributed by atoms with Crippen LogP contribution in [0, 0.1) is 0 Å². The van der Waals surface area contributed by atoms with Crippen molar-refractivity contribution in [2.24, 2.45) is 0 Å². The molecule has 0 spiro atoms. The third-order valence-electron chi connectivity index (χ3n) is 2.00. The topological polar surface area (TPSA) is 35.6 Å². The Hall–Kier alpha value is -0.480. The van der Waals surface area contributed by atoms with Gasteiger partial charge in [-0.05, 0) is 18.2 Å². The molecule has 5 heteroatoms. The molecule has 0 bridgehead atoms. The molecule has 1 aliphatic heterocycles. The molecule has 12 heavy (non-hydrogen) atoms. The van der Waals surface area contributed by atoms with E-state index in [4.69, 9.17) is 11.8 Å². The monoisotopic (exact) mass is 191 g/mol. The van der Waals surface area contributed by atoms with Gasteiger partial charge in [0, 0.05) is 33.2 Å². The summed E-state index contributed by atoms with van der Waals surface area (Å²) in [6.07, 6.45) is 0.906. The molecule has 0 aromatic rings. The second-order valence-corrected chi connectivity index (χ2v) is 3.20. The average molecular weight is 192 g/mol. The maximum absolute atomic E-state index is 11.3. The van der Waals surface area contributed by atoms with Gasteiger partial charge in [0.25, 0.3) is 0 Å². The van der Waals surface area contributed by atoms with Gasteiger partial charge >= 0.3 is 6.03 Å². The van der Waals surface area contributed by atoms with E-state index >= 15 is 0 Å². The number of halogens is 1. The number of nitrogens with one attached hydrogen (secondary N) is 1. The van der Waals surface area contributed by atoms with Crippen molar-refractivity contribution >= 4 is 17.8 Å². The van der Waals surface area contributed by atoms with E-state index < -0.39 is 0 Å². The van der Waals surface area contributed by atoms with Crippen LogP contribution in [-0.2, 0) is 0 Å². The summed E-state index contributed by atoms with van der Waals surface area (Å²) in [6, 6.07) is 0.129. The molecule has 0 aliphatic carbocycles. The first-order valence-corrected chi connectivity index (χ1v) is 4.47. The van der Waals surface area contributed by atoms with Gasteiger partial charge in [-0.2, -0.15) is 0 Å². The van der Waals surface area contributed by atoms with E-state index in [1.54, 1.807) is 4.90 Å². The summed E-state index contributed by atoms with van der Waals surface area (Å²) in [5.74, 6) is 0. The van der Waals surface area contributed by atoms with E-state index in [-0.39, 0.29) is 6.03 Å². The number of hydrogen-bond donors (Lipinski definition) is 1. The molecule has 1 saturated heterocycles. The van der Waals surface area contributed by atoms with Gasteiger partial charge in [-0.3, -0.25) is 0 Å². The van der Waals surface area contributed by atoms with Crippen molar-refractivity contribution in [1.82, 2.24) is 14.6 Å². The van der Waals surface area contributed by atoms with Crippen LogP contribution in [0.3, 0.4) is 0 Å². The van der Waals surface area contributed by atoms with Crippen molar-refractivity contribution in [2.45, 2.75) is 6.42 Å². The lowest BCUT2D eigenvalue weighted by atomic mass is 10.4. The van der Waals surface area contributed by atoms with Gasteiger partial charge in [0.2, 0.25) is 0 Å². The van der Waals surface area contributed by atoms with Crippen LogP contribution in [0.15, 0.2) is 0 Å². The zero-order valence-electron chi connectivity index (χ0n) is 7.22. The zero-order chi connectivity index (χ0) is 8.97. The summed E-state index contributed by atoms with van der Waals surface area (Å²) in [4.78, 5) is 17.4. The Bertz CT molecular complexity index is 165. The molecule has 4 nitrogen and oxygen atoms in total. The Morgan fingerprint density at radius 3 is 2.83 bits per heavy atom. The first-order chi connectivity index (χ1) is 5.75. The van der Waals surface area contributed by atoms with Crippen LogP contribution in [0.4, 0.5) is 4.79 Å². The molecule has 0 atom stereocenters. The SMILES string of the molecule is CN1CCN(CCCNCl)C1=O. The molecule has 1 rings (SSSR count). The largest absolute Gasteiger partial charge is 0.326 e.